The highest BCUT2D eigenvalue weighted by Gasteiger charge is 2.18. The fourth-order valence-electron chi connectivity index (χ4n) is 2.55. The van der Waals surface area contributed by atoms with Gasteiger partial charge in [0.15, 0.2) is 0 Å². The molecular formula is C15H23N3S. The van der Waals surface area contributed by atoms with Gasteiger partial charge in [0, 0.05) is 6.54 Å². The van der Waals surface area contributed by atoms with Crippen LogP contribution in [-0.2, 0) is 0 Å². The lowest BCUT2D eigenvalue weighted by Gasteiger charge is -2.25. The van der Waals surface area contributed by atoms with Gasteiger partial charge in [-0.1, -0.05) is 27.7 Å². The zero-order valence-corrected chi connectivity index (χ0v) is 13.2. The Labute approximate surface area is 119 Å². The quantitative estimate of drug-likeness (QED) is 0.883. The summed E-state index contributed by atoms with van der Waals surface area (Å²) in [6.07, 6.45) is 1.66. The molecule has 0 spiro atoms. The first-order valence-corrected chi connectivity index (χ1v) is 7.81. The number of aryl methyl sites for hydroxylation is 1. The van der Waals surface area contributed by atoms with Gasteiger partial charge in [-0.2, -0.15) is 0 Å². The summed E-state index contributed by atoms with van der Waals surface area (Å²) in [6.45, 7) is 12.2. The topological polar surface area (TPSA) is 37.8 Å². The Bertz CT molecular complexity index is 537. The molecule has 2 heterocycles. The van der Waals surface area contributed by atoms with E-state index in [2.05, 4.69) is 55.3 Å². The van der Waals surface area contributed by atoms with Gasteiger partial charge in [-0.3, -0.25) is 0 Å². The highest BCUT2D eigenvalue weighted by atomic mass is 32.1. The third kappa shape index (κ3) is 3.06. The molecule has 0 aromatic carbocycles. The van der Waals surface area contributed by atoms with E-state index in [1.165, 1.54) is 10.3 Å². The molecule has 104 valence electrons. The third-order valence-electron chi connectivity index (χ3n) is 3.75. The van der Waals surface area contributed by atoms with Crippen LogP contribution < -0.4 is 5.32 Å². The van der Waals surface area contributed by atoms with Crippen LogP contribution in [0, 0.1) is 24.7 Å². The van der Waals surface area contributed by atoms with Gasteiger partial charge in [-0.05, 0) is 35.6 Å². The molecule has 2 aromatic heterocycles. The van der Waals surface area contributed by atoms with E-state index >= 15 is 0 Å². The summed E-state index contributed by atoms with van der Waals surface area (Å²) in [5.74, 6) is 2.99. The molecule has 0 radical (unpaired) electrons. The van der Waals surface area contributed by atoms with Gasteiger partial charge in [-0.15, -0.1) is 11.3 Å². The molecule has 0 aliphatic heterocycles. The summed E-state index contributed by atoms with van der Waals surface area (Å²) in [5, 5.41) is 5.67. The van der Waals surface area contributed by atoms with Crippen LogP contribution in [0.1, 0.15) is 33.3 Å². The first-order chi connectivity index (χ1) is 9.00. The van der Waals surface area contributed by atoms with Crippen molar-refractivity contribution in [2.24, 2.45) is 17.8 Å². The number of rotatable bonds is 5. The minimum Gasteiger partial charge on any atom is -0.368 e. The maximum Gasteiger partial charge on any atom is 0.147 e. The van der Waals surface area contributed by atoms with Crippen molar-refractivity contribution in [1.82, 2.24) is 9.97 Å². The first kappa shape index (κ1) is 14.3. The van der Waals surface area contributed by atoms with E-state index in [1.54, 1.807) is 17.7 Å². The molecule has 0 aliphatic rings. The molecule has 0 saturated heterocycles. The highest BCUT2D eigenvalue weighted by molar-refractivity contribution is 7.18. The Kier molecular flexibility index (Phi) is 4.40. The number of anilines is 1. The number of hydrogen-bond donors (Lipinski definition) is 1. The molecule has 0 atom stereocenters. The standard InChI is InChI=1S/C15H23N3S/c1-9(2)12(10(3)4)6-16-15-14-13(17-8-18-15)11(5)7-19-14/h7-10,12H,6H2,1-5H3,(H,16,17,18). The minimum absolute atomic E-state index is 0.658. The molecule has 0 amide bonds. The number of thiophene rings is 1. The molecule has 4 heteroatoms. The summed E-state index contributed by atoms with van der Waals surface area (Å²) < 4.78 is 1.17. The summed E-state index contributed by atoms with van der Waals surface area (Å²) in [6, 6.07) is 0. The number of fused-ring (bicyclic) bond motifs is 1. The largest absolute Gasteiger partial charge is 0.368 e. The Balaban J connectivity index is 2.17. The molecule has 2 aromatic rings. The van der Waals surface area contributed by atoms with Crippen LogP contribution in [-0.4, -0.2) is 16.5 Å². The van der Waals surface area contributed by atoms with E-state index in [-0.39, 0.29) is 0 Å². The van der Waals surface area contributed by atoms with Crippen molar-refractivity contribution in [3.05, 3.63) is 17.3 Å². The molecule has 0 aliphatic carbocycles. The normalized spacial score (nSPS) is 12.0. The van der Waals surface area contributed by atoms with Crippen molar-refractivity contribution in [3.63, 3.8) is 0 Å². The smallest absolute Gasteiger partial charge is 0.147 e. The van der Waals surface area contributed by atoms with Crippen LogP contribution in [0.4, 0.5) is 5.82 Å². The van der Waals surface area contributed by atoms with Gasteiger partial charge in [0.25, 0.3) is 0 Å². The highest BCUT2D eigenvalue weighted by Crippen LogP contribution is 2.29. The zero-order valence-electron chi connectivity index (χ0n) is 12.4. The molecule has 0 saturated carbocycles. The molecular weight excluding hydrogens is 254 g/mol. The molecule has 19 heavy (non-hydrogen) atoms. The van der Waals surface area contributed by atoms with E-state index in [1.807, 2.05) is 0 Å². The minimum atomic E-state index is 0.658. The molecule has 0 fully saturated rings. The van der Waals surface area contributed by atoms with Crippen LogP contribution in [0.25, 0.3) is 10.2 Å². The Morgan fingerprint density at radius 3 is 2.47 bits per heavy atom. The third-order valence-corrected chi connectivity index (χ3v) is 4.84. The lowest BCUT2D eigenvalue weighted by atomic mass is 9.85. The maximum atomic E-state index is 4.40. The predicted octanol–water partition coefficient (Wildman–Crippen LogP) is 4.34. The molecule has 0 bridgehead atoms. The SMILES string of the molecule is Cc1csc2c(NCC(C(C)C)C(C)C)ncnc12. The van der Waals surface area contributed by atoms with Gasteiger partial charge in [0.2, 0.25) is 0 Å². The van der Waals surface area contributed by atoms with Crippen LogP contribution in [0.15, 0.2) is 11.7 Å². The van der Waals surface area contributed by atoms with Crippen LogP contribution in [0.2, 0.25) is 0 Å². The van der Waals surface area contributed by atoms with Crippen molar-refractivity contribution in [1.29, 1.82) is 0 Å². The predicted molar refractivity (Wildman–Crippen MR) is 83.8 cm³/mol. The maximum absolute atomic E-state index is 4.40. The van der Waals surface area contributed by atoms with E-state index in [9.17, 15) is 0 Å². The summed E-state index contributed by atoms with van der Waals surface area (Å²) in [4.78, 5) is 8.76. The van der Waals surface area contributed by atoms with Crippen molar-refractivity contribution in [2.45, 2.75) is 34.6 Å². The first-order valence-electron chi connectivity index (χ1n) is 6.93. The number of nitrogens with one attached hydrogen (secondary N) is 1. The van der Waals surface area contributed by atoms with Gasteiger partial charge in [-0.25, -0.2) is 9.97 Å². The van der Waals surface area contributed by atoms with Crippen LogP contribution >= 0.6 is 11.3 Å². The Hall–Kier alpha value is -1.16. The van der Waals surface area contributed by atoms with Gasteiger partial charge in [0.05, 0.1) is 10.2 Å². The second-order valence-electron chi connectivity index (χ2n) is 5.85. The van der Waals surface area contributed by atoms with Crippen LogP contribution in [0.3, 0.4) is 0 Å². The van der Waals surface area contributed by atoms with Crippen molar-refractivity contribution >= 4 is 27.4 Å². The summed E-state index contributed by atoms with van der Waals surface area (Å²) in [5.41, 5.74) is 2.31. The lowest BCUT2D eigenvalue weighted by Crippen LogP contribution is -2.24. The average molecular weight is 277 g/mol. The van der Waals surface area contributed by atoms with Crippen LogP contribution in [0.5, 0.6) is 0 Å². The number of aromatic nitrogens is 2. The average Bonchev–Trinajstić information content (AvgIpc) is 2.71. The lowest BCUT2D eigenvalue weighted by molar-refractivity contribution is 0.304. The summed E-state index contributed by atoms with van der Waals surface area (Å²) in [7, 11) is 0. The fourth-order valence-corrected chi connectivity index (χ4v) is 3.52. The van der Waals surface area contributed by atoms with Crippen molar-refractivity contribution in [3.8, 4) is 0 Å². The number of hydrogen-bond acceptors (Lipinski definition) is 4. The van der Waals surface area contributed by atoms with E-state index < -0.39 is 0 Å². The second-order valence-corrected chi connectivity index (χ2v) is 6.73. The number of nitrogens with zero attached hydrogens (tertiary/aromatic N) is 2. The van der Waals surface area contributed by atoms with Gasteiger partial charge in [0.1, 0.15) is 12.1 Å². The Morgan fingerprint density at radius 2 is 1.84 bits per heavy atom. The van der Waals surface area contributed by atoms with E-state index in [0.717, 1.165) is 17.9 Å². The molecule has 0 unspecified atom stereocenters. The van der Waals surface area contributed by atoms with E-state index in [4.69, 9.17) is 0 Å². The van der Waals surface area contributed by atoms with E-state index in [0.29, 0.717) is 17.8 Å². The monoisotopic (exact) mass is 277 g/mol. The fraction of sp³-hybridized carbons (Fsp3) is 0.600. The summed E-state index contributed by atoms with van der Waals surface area (Å²) >= 11 is 1.72. The van der Waals surface area contributed by atoms with Crippen molar-refractivity contribution in [2.75, 3.05) is 11.9 Å². The zero-order chi connectivity index (χ0) is 14.0. The Morgan fingerprint density at radius 1 is 1.16 bits per heavy atom. The molecule has 2 rings (SSSR count). The van der Waals surface area contributed by atoms with Crippen molar-refractivity contribution < 1.29 is 0 Å². The second kappa shape index (κ2) is 5.87. The molecule has 3 nitrogen and oxygen atoms in total. The van der Waals surface area contributed by atoms with Gasteiger partial charge < -0.3 is 5.32 Å². The molecule has 1 N–H and O–H groups in total. The van der Waals surface area contributed by atoms with Gasteiger partial charge >= 0.3 is 0 Å².